The number of amides is 2. The Hall–Kier alpha value is -2.33. The lowest BCUT2D eigenvalue weighted by molar-refractivity contribution is -0.00263. The minimum Gasteiger partial charge on any atom is -0.307 e. The highest BCUT2D eigenvalue weighted by molar-refractivity contribution is 5.88. The van der Waals surface area contributed by atoms with Crippen molar-refractivity contribution >= 4 is 11.7 Å². The summed E-state index contributed by atoms with van der Waals surface area (Å²) in [6.07, 6.45) is 3.53. The molecule has 0 aliphatic carbocycles. The average Bonchev–Trinajstić information content (AvgIpc) is 2.62. The van der Waals surface area contributed by atoms with E-state index in [1.54, 1.807) is 0 Å². The van der Waals surface area contributed by atoms with Gasteiger partial charge in [0.05, 0.1) is 6.54 Å². The summed E-state index contributed by atoms with van der Waals surface area (Å²) in [5.74, 6) is 0. The quantitative estimate of drug-likeness (QED) is 0.922. The van der Waals surface area contributed by atoms with Crippen LogP contribution in [0.2, 0.25) is 0 Å². The number of carbonyl (C=O) groups is 1. The molecule has 1 N–H and O–H groups in total. The Balaban J connectivity index is 1.74. The summed E-state index contributed by atoms with van der Waals surface area (Å²) >= 11 is 0. The number of benzene rings is 2. The molecule has 1 heterocycles. The molecule has 0 radical (unpaired) electrons. The van der Waals surface area contributed by atoms with Crippen LogP contribution in [0.15, 0.2) is 60.7 Å². The normalized spacial score (nSPS) is 15.1. The molecule has 4 heteroatoms. The van der Waals surface area contributed by atoms with E-state index in [1.807, 2.05) is 53.5 Å². The van der Waals surface area contributed by atoms with Gasteiger partial charge in [-0.3, -0.25) is 5.01 Å². The van der Waals surface area contributed by atoms with E-state index in [1.165, 1.54) is 6.42 Å². The number of piperidine rings is 1. The molecule has 1 aliphatic heterocycles. The Morgan fingerprint density at radius 2 is 1.52 bits per heavy atom. The maximum Gasteiger partial charge on any atom is 0.336 e. The molecule has 3 rings (SSSR count). The van der Waals surface area contributed by atoms with Gasteiger partial charge in [0.1, 0.15) is 0 Å². The van der Waals surface area contributed by atoms with Crippen LogP contribution in [-0.2, 0) is 6.54 Å². The molecule has 120 valence electrons. The van der Waals surface area contributed by atoms with Crippen molar-refractivity contribution in [1.82, 2.24) is 10.0 Å². The zero-order valence-corrected chi connectivity index (χ0v) is 13.3. The molecule has 2 aromatic carbocycles. The van der Waals surface area contributed by atoms with Crippen molar-refractivity contribution in [2.45, 2.75) is 25.8 Å². The second-order valence-electron chi connectivity index (χ2n) is 5.85. The lowest BCUT2D eigenvalue weighted by Gasteiger charge is -2.37. The first-order valence-corrected chi connectivity index (χ1v) is 8.25. The summed E-state index contributed by atoms with van der Waals surface area (Å²) in [4.78, 5) is 12.8. The van der Waals surface area contributed by atoms with Crippen LogP contribution >= 0.6 is 0 Å². The van der Waals surface area contributed by atoms with Gasteiger partial charge in [0.25, 0.3) is 0 Å². The fourth-order valence-electron chi connectivity index (χ4n) is 2.88. The molecule has 1 saturated heterocycles. The molecule has 0 aromatic heterocycles. The Morgan fingerprint density at radius 3 is 2.17 bits per heavy atom. The molecule has 4 nitrogen and oxygen atoms in total. The lowest BCUT2D eigenvalue weighted by atomic mass is 10.1. The van der Waals surface area contributed by atoms with Crippen LogP contribution in [0.4, 0.5) is 10.5 Å². The first-order valence-electron chi connectivity index (χ1n) is 8.25. The molecular formula is C19H23N3O. The maximum absolute atomic E-state index is 12.8. The topological polar surface area (TPSA) is 35.6 Å². The molecule has 1 fully saturated rings. The summed E-state index contributed by atoms with van der Waals surface area (Å²) in [5, 5.41) is 7.03. The number of rotatable bonds is 4. The monoisotopic (exact) mass is 309 g/mol. The van der Waals surface area contributed by atoms with E-state index in [4.69, 9.17) is 0 Å². The van der Waals surface area contributed by atoms with Gasteiger partial charge in [-0.2, -0.15) is 0 Å². The first kappa shape index (κ1) is 15.6. The summed E-state index contributed by atoms with van der Waals surface area (Å²) in [6.45, 7) is 2.48. The van der Waals surface area contributed by atoms with Gasteiger partial charge < -0.3 is 5.32 Å². The number of urea groups is 1. The van der Waals surface area contributed by atoms with E-state index in [0.717, 1.165) is 37.2 Å². The highest BCUT2D eigenvalue weighted by Gasteiger charge is 2.23. The Bertz CT molecular complexity index is 609. The van der Waals surface area contributed by atoms with Gasteiger partial charge in [0.2, 0.25) is 0 Å². The molecule has 0 spiro atoms. The van der Waals surface area contributed by atoms with Crippen LogP contribution in [0.25, 0.3) is 0 Å². The van der Waals surface area contributed by atoms with Crippen LogP contribution in [0.5, 0.6) is 0 Å². The Kier molecular flexibility index (Phi) is 5.27. The Labute approximate surface area is 137 Å². The third kappa shape index (κ3) is 4.33. The van der Waals surface area contributed by atoms with E-state index >= 15 is 0 Å². The molecule has 1 aliphatic rings. The van der Waals surface area contributed by atoms with Crippen molar-refractivity contribution in [1.29, 1.82) is 0 Å². The van der Waals surface area contributed by atoms with Crippen LogP contribution in [0.1, 0.15) is 24.8 Å². The Morgan fingerprint density at radius 1 is 0.913 bits per heavy atom. The standard InChI is InChI=1S/C19H23N3O/c23-19(20-18-12-6-2-7-13-18)22(21-14-8-3-9-15-21)16-17-10-4-1-5-11-17/h1-2,4-7,10-13H,3,8-9,14-16H2,(H,20,23). The first-order chi connectivity index (χ1) is 11.3. The van der Waals surface area contributed by atoms with Gasteiger partial charge in [0, 0.05) is 18.8 Å². The van der Waals surface area contributed by atoms with Crippen LogP contribution in [-0.4, -0.2) is 29.1 Å². The van der Waals surface area contributed by atoms with E-state index in [9.17, 15) is 4.79 Å². The van der Waals surface area contributed by atoms with Crippen molar-refractivity contribution in [3.05, 3.63) is 66.2 Å². The van der Waals surface area contributed by atoms with Crippen molar-refractivity contribution in [2.24, 2.45) is 0 Å². The number of anilines is 1. The van der Waals surface area contributed by atoms with Gasteiger partial charge in [-0.15, -0.1) is 0 Å². The summed E-state index contributed by atoms with van der Waals surface area (Å²) in [5.41, 5.74) is 1.97. The number of para-hydroxylation sites is 1. The van der Waals surface area contributed by atoms with Gasteiger partial charge in [-0.05, 0) is 30.5 Å². The smallest absolute Gasteiger partial charge is 0.307 e. The van der Waals surface area contributed by atoms with Crippen molar-refractivity contribution < 1.29 is 4.79 Å². The molecule has 2 amide bonds. The second-order valence-corrected chi connectivity index (χ2v) is 5.85. The SMILES string of the molecule is O=C(Nc1ccccc1)N(Cc1ccccc1)N1CCCCC1. The van der Waals surface area contributed by atoms with Gasteiger partial charge in [-0.25, -0.2) is 9.80 Å². The van der Waals surface area contributed by atoms with Gasteiger partial charge in [-0.1, -0.05) is 55.0 Å². The molecule has 0 saturated carbocycles. The number of carbonyl (C=O) groups excluding carboxylic acids is 1. The van der Waals surface area contributed by atoms with Crippen LogP contribution < -0.4 is 5.32 Å². The molecule has 0 unspecified atom stereocenters. The van der Waals surface area contributed by atoms with E-state index < -0.39 is 0 Å². The third-order valence-electron chi connectivity index (χ3n) is 4.11. The minimum absolute atomic E-state index is 0.0676. The molecule has 23 heavy (non-hydrogen) atoms. The summed E-state index contributed by atoms with van der Waals surface area (Å²) in [7, 11) is 0. The van der Waals surface area contributed by atoms with E-state index in [2.05, 4.69) is 22.5 Å². The fourth-order valence-corrected chi connectivity index (χ4v) is 2.88. The summed E-state index contributed by atoms with van der Waals surface area (Å²) < 4.78 is 0. The summed E-state index contributed by atoms with van der Waals surface area (Å²) in [6, 6.07) is 19.7. The number of hydrogen-bond donors (Lipinski definition) is 1. The largest absolute Gasteiger partial charge is 0.336 e. The third-order valence-corrected chi connectivity index (χ3v) is 4.11. The number of hydrazine groups is 1. The van der Waals surface area contributed by atoms with Gasteiger partial charge in [0.15, 0.2) is 0 Å². The minimum atomic E-state index is -0.0676. The predicted octanol–water partition coefficient (Wildman–Crippen LogP) is 4.12. The number of hydrogen-bond acceptors (Lipinski definition) is 2. The fraction of sp³-hybridized carbons (Fsp3) is 0.316. The van der Waals surface area contributed by atoms with Crippen molar-refractivity contribution in [3.63, 3.8) is 0 Å². The predicted molar refractivity (Wildman–Crippen MR) is 92.9 cm³/mol. The highest BCUT2D eigenvalue weighted by atomic mass is 16.2. The van der Waals surface area contributed by atoms with E-state index in [-0.39, 0.29) is 6.03 Å². The van der Waals surface area contributed by atoms with Gasteiger partial charge >= 0.3 is 6.03 Å². The maximum atomic E-state index is 12.8. The zero-order valence-electron chi connectivity index (χ0n) is 13.3. The van der Waals surface area contributed by atoms with Crippen molar-refractivity contribution in [3.8, 4) is 0 Å². The second kappa shape index (κ2) is 7.79. The number of nitrogens with one attached hydrogen (secondary N) is 1. The lowest BCUT2D eigenvalue weighted by Crippen LogP contribution is -2.50. The molecular weight excluding hydrogens is 286 g/mol. The molecule has 0 bridgehead atoms. The van der Waals surface area contributed by atoms with E-state index in [0.29, 0.717) is 6.54 Å². The highest BCUT2D eigenvalue weighted by Crippen LogP contribution is 2.17. The molecule has 0 atom stereocenters. The van der Waals surface area contributed by atoms with Crippen LogP contribution in [0.3, 0.4) is 0 Å². The van der Waals surface area contributed by atoms with Crippen LogP contribution in [0, 0.1) is 0 Å². The zero-order chi connectivity index (χ0) is 15.9. The van der Waals surface area contributed by atoms with Crippen molar-refractivity contribution in [2.75, 3.05) is 18.4 Å². The average molecular weight is 309 g/mol. The molecule has 2 aromatic rings. The number of nitrogens with zero attached hydrogens (tertiary/aromatic N) is 2.